The first-order valence-corrected chi connectivity index (χ1v) is 5.95. The lowest BCUT2D eigenvalue weighted by molar-refractivity contribution is 1.37. The van der Waals surface area contributed by atoms with Gasteiger partial charge in [-0.15, -0.1) is 0 Å². The highest BCUT2D eigenvalue weighted by Gasteiger charge is 2.02. The molecule has 0 unspecified atom stereocenters. The third-order valence-corrected chi connectivity index (χ3v) is 3.20. The van der Waals surface area contributed by atoms with Crippen molar-refractivity contribution in [2.45, 2.75) is 6.92 Å². The number of anilines is 1. The van der Waals surface area contributed by atoms with E-state index in [1.54, 1.807) is 0 Å². The average Bonchev–Trinajstić information content (AvgIpc) is 2.39. The minimum Gasteiger partial charge on any atom is -0.384 e. The molecule has 0 radical (unpaired) electrons. The SMILES string of the molecule is Cc1ccccc1-c1ccc2cc(N)ncc2c1. The van der Waals surface area contributed by atoms with Crippen molar-refractivity contribution in [2.75, 3.05) is 5.73 Å². The van der Waals surface area contributed by atoms with Crippen molar-refractivity contribution in [3.05, 3.63) is 60.3 Å². The van der Waals surface area contributed by atoms with E-state index in [-0.39, 0.29) is 0 Å². The van der Waals surface area contributed by atoms with Gasteiger partial charge in [0, 0.05) is 11.6 Å². The van der Waals surface area contributed by atoms with E-state index in [4.69, 9.17) is 5.73 Å². The largest absolute Gasteiger partial charge is 0.384 e. The van der Waals surface area contributed by atoms with Gasteiger partial charge in [-0.2, -0.15) is 0 Å². The zero-order valence-corrected chi connectivity index (χ0v) is 10.2. The predicted octanol–water partition coefficient (Wildman–Crippen LogP) is 3.79. The average molecular weight is 234 g/mol. The van der Waals surface area contributed by atoms with Gasteiger partial charge in [-0.25, -0.2) is 4.98 Å². The number of nitrogen functional groups attached to an aromatic ring is 1. The first-order valence-electron chi connectivity index (χ1n) is 5.95. The summed E-state index contributed by atoms with van der Waals surface area (Å²) in [6, 6.07) is 16.7. The fourth-order valence-corrected chi connectivity index (χ4v) is 2.22. The Balaban J connectivity index is 2.20. The Morgan fingerprint density at radius 3 is 2.61 bits per heavy atom. The normalized spacial score (nSPS) is 10.7. The number of hydrogen-bond acceptors (Lipinski definition) is 2. The van der Waals surface area contributed by atoms with Gasteiger partial charge in [-0.3, -0.25) is 0 Å². The maximum Gasteiger partial charge on any atom is 0.123 e. The second kappa shape index (κ2) is 4.15. The molecule has 1 aromatic heterocycles. The summed E-state index contributed by atoms with van der Waals surface area (Å²) in [5.74, 6) is 0.561. The van der Waals surface area contributed by atoms with Crippen LogP contribution in [0.15, 0.2) is 54.7 Å². The van der Waals surface area contributed by atoms with Crippen LogP contribution in [0.25, 0.3) is 21.9 Å². The molecular formula is C16H14N2. The van der Waals surface area contributed by atoms with Crippen molar-refractivity contribution in [3.8, 4) is 11.1 Å². The molecule has 0 amide bonds. The maximum absolute atomic E-state index is 5.69. The molecule has 0 atom stereocenters. The molecule has 0 aliphatic carbocycles. The van der Waals surface area contributed by atoms with Gasteiger partial charge in [0.1, 0.15) is 5.82 Å². The Hall–Kier alpha value is -2.35. The Labute approximate surface area is 106 Å². The number of hydrogen-bond donors (Lipinski definition) is 1. The molecule has 0 saturated carbocycles. The van der Waals surface area contributed by atoms with E-state index in [1.165, 1.54) is 16.7 Å². The lowest BCUT2D eigenvalue weighted by Gasteiger charge is -2.07. The van der Waals surface area contributed by atoms with Crippen LogP contribution in [0.1, 0.15) is 5.56 Å². The van der Waals surface area contributed by atoms with Gasteiger partial charge < -0.3 is 5.73 Å². The van der Waals surface area contributed by atoms with Crippen LogP contribution < -0.4 is 5.73 Å². The van der Waals surface area contributed by atoms with Crippen molar-refractivity contribution in [2.24, 2.45) is 0 Å². The minimum atomic E-state index is 0.561. The van der Waals surface area contributed by atoms with Crippen LogP contribution in [0.2, 0.25) is 0 Å². The van der Waals surface area contributed by atoms with Gasteiger partial charge in [0.25, 0.3) is 0 Å². The number of pyridine rings is 1. The molecule has 0 fully saturated rings. The summed E-state index contributed by atoms with van der Waals surface area (Å²) in [6.07, 6.45) is 1.83. The summed E-state index contributed by atoms with van der Waals surface area (Å²) >= 11 is 0. The second-order valence-corrected chi connectivity index (χ2v) is 4.49. The van der Waals surface area contributed by atoms with Crippen LogP contribution in [-0.4, -0.2) is 4.98 Å². The molecule has 3 aromatic rings. The van der Waals surface area contributed by atoms with Crippen molar-refractivity contribution < 1.29 is 0 Å². The number of fused-ring (bicyclic) bond motifs is 1. The molecule has 2 nitrogen and oxygen atoms in total. The number of benzene rings is 2. The molecule has 0 aliphatic heterocycles. The monoisotopic (exact) mass is 234 g/mol. The summed E-state index contributed by atoms with van der Waals surface area (Å²) in [5.41, 5.74) is 9.44. The molecule has 3 rings (SSSR count). The number of nitrogens with zero attached hydrogens (tertiary/aromatic N) is 1. The standard InChI is InChI=1S/C16H14N2/c1-11-4-2-3-5-15(11)13-7-6-12-9-16(17)18-10-14(12)8-13/h2-10H,1H3,(H2,17,18). The first kappa shape index (κ1) is 10.8. The number of nitrogens with two attached hydrogens (primary N) is 1. The third-order valence-electron chi connectivity index (χ3n) is 3.20. The van der Waals surface area contributed by atoms with E-state index in [1.807, 2.05) is 12.3 Å². The van der Waals surface area contributed by atoms with Crippen molar-refractivity contribution in [1.29, 1.82) is 0 Å². The predicted molar refractivity (Wildman–Crippen MR) is 76.3 cm³/mol. The zero-order valence-electron chi connectivity index (χ0n) is 10.2. The van der Waals surface area contributed by atoms with E-state index < -0.39 is 0 Å². The van der Waals surface area contributed by atoms with E-state index in [0.29, 0.717) is 5.82 Å². The Bertz CT molecular complexity index is 717. The van der Waals surface area contributed by atoms with E-state index in [2.05, 4.69) is 54.4 Å². The van der Waals surface area contributed by atoms with E-state index in [9.17, 15) is 0 Å². The van der Waals surface area contributed by atoms with Gasteiger partial charge in [0.15, 0.2) is 0 Å². The second-order valence-electron chi connectivity index (χ2n) is 4.49. The summed E-state index contributed by atoms with van der Waals surface area (Å²) < 4.78 is 0. The van der Waals surface area contributed by atoms with Crippen LogP contribution in [0.3, 0.4) is 0 Å². The fraction of sp³-hybridized carbons (Fsp3) is 0.0625. The lowest BCUT2D eigenvalue weighted by atomic mass is 9.98. The molecule has 18 heavy (non-hydrogen) atoms. The van der Waals surface area contributed by atoms with Gasteiger partial charge >= 0.3 is 0 Å². The molecule has 0 saturated heterocycles. The molecule has 2 heteroatoms. The van der Waals surface area contributed by atoms with Gasteiger partial charge in [-0.05, 0) is 41.1 Å². The molecule has 1 heterocycles. The third kappa shape index (κ3) is 1.82. The number of aryl methyl sites for hydroxylation is 1. The summed E-state index contributed by atoms with van der Waals surface area (Å²) in [4.78, 5) is 4.14. The van der Waals surface area contributed by atoms with Crippen molar-refractivity contribution >= 4 is 16.6 Å². The molecule has 0 bridgehead atoms. The van der Waals surface area contributed by atoms with Crippen molar-refractivity contribution in [3.63, 3.8) is 0 Å². The summed E-state index contributed by atoms with van der Waals surface area (Å²) in [5, 5.41) is 2.24. The fourth-order valence-electron chi connectivity index (χ4n) is 2.22. The number of rotatable bonds is 1. The van der Waals surface area contributed by atoms with Crippen LogP contribution in [0.5, 0.6) is 0 Å². The topological polar surface area (TPSA) is 38.9 Å². The van der Waals surface area contributed by atoms with Crippen molar-refractivity contribution in [1.82, 2.24) is 4.98 Å². The molecule has 0 spiro atoms. The maximum atomic E-state index is 5.69. The quantitative estimate of drug-likeness (QED) is 0.695. The highest BCUT2D eigenvalue weighted by atomic mass is 14.8. The van der Waals surface area contributed by atoms with E-state index >= 15 is 0 Å². The zero-order chi connectivity index (χ0) is 12.5. The summed E-state index contributed by atoms with van der Waals surface area (Å²) in [6.45, 7) is 2.13. The van der Waals surface area contributed by atoms with Gasteiger partial charge in [0.2, 0.25) is 0 Å². The van der Waals surface area contributed by atoms with Gasteiger partial charge in [-0.1, -0.05) is 36.4 Å². The van der Waals surface area contributed by atoms with Crippen LogP contribution in [-0.2, 0) is 0 Å². The van der Waals surface area contributed by atoms with E-state index in [0.717, 1.165) is 10.8 Å². The minimum absolute atomic E-state index is 0.561. The lowest BCUT2D eigenvalue weighted by Crippen LogP contribution is -1.89. The summed E-state index contributed by atoms with van der Waals surface area (Å²) in [7, 11) is 0. The molecule has 2 aromatic carbocycles. The Morgan fingerprint density at radius 1 is 0.944 bits per heavy atom. The van der Waals surface area contributed by atoms with Crippen LogP contribution >= 0.6 is 0 Å². The molecule has 2 N–H and O–H groups in total. The highest BCUT2D eigenvalue weighted by molar-refractivity contribution is 5.88. The number of aromatic nitrogens is 1. The Kier molecular flexibility index (Phi) is 2.49. The Morgan fingerprint density at radius 2 is 1.78 bits per heavy atom. The first-order chi connectivity index (χ1) is 8.74. The van der Waals surface area contributed by atoms with Crippen LogP contribution in [0.4, 0.5) is 5.82 Å². The molecule has 0 aliphatic rings. The highest BCUT2D eigenvalue weighted by Crippen LogP contribution is 2.27. The van der Waals surface area contributed by atoms with Crippen LogP contribution in [0, 0.1) is 6.92 Å². The molecule has 88 valence electrons. The smallest absolute Gasteiger partial charge is 0.123 e. The molecular weight excluding hydrogens is 220 g/mol. The van der Waals surface area contributed by atoms with Gasteiger partial charge in [0.05, 0.1) is 0 Å².